The van der Waals surface area contributed by atoms with Crippen molar-refractivity contribution < 1.29 is 27.1 Å². The van der Waals surface area contributed by atoms with Crippen LogP contribution >= 0.6 is 0 Å². The van der Waals surface area contributed by atoms with E-state index in [0.717, 1.165) is 18.2 Å². The van der Waals surface area contributed by atoms with Crippen LogP contribution in [0.3, 0.4) is 0 Å². The predicted octanol–water partition coefficient (Wildman–Crippen LogP) is 3.37. The number of anilines is 2. The molecule has 3 aromatic carbocycles. The molecule has 8 nitrogen and oxygen atoms in total. The molecule has 33 heavy (non-hydrogen) atoms. The molecule has 0 heterocycles. The van der Waals surface area contributed by atoms with Crippen LogP contribution in [-0.2, 0) is 21.1 Å². The molecule has 0 spiro atoms. The first-order valence-corrected chi connectivity index (χ1v) is 11.0. The molecule has 0 saturated heterocycles. The van der Waals surface area contributed by atoms with Crippen molar-refractivity contribution in [1.29, 1.82) is 5.41 Å². The van der Waals surface area contributed by atoms with Gasteiger partial charge in [0.25, 0.3) is 0 Å². The second-order valence-corrected chi connectivity index (χ2v) is 8.97. The van der Waals surface area contributed by atoms with Crippen LogP contribution in [0.5, 0.6) is 0 Å². The van der Waals surface area contributed by atoms with Gasteiger partial charge in [-0.25, -0.2) is 17.2 Å². The highest BCUT2D eigenvalue weighted by atomic mass is 32.2. The summed E-state index contributed by atoms with van der Waals surface area (Å²) in [5.41, 5.74) is 11.2. The third-order valence-corrected chi connectivity index (χ3v) is 6.57. The number of nitrogen functional groups attached to an aromatic ring is 1. The van der Waals surface area contributed by atoms with Crippen LogP contribution in [0.25, 0.3) is 11.1 Å². The number of guanidine groups is 1. The Morgan fingerprint density at radius 1 is 1.09 bits per heavy atom. The fourth-order valence-electron chi connectivity index (χ4n) is 3.37. The van der Waals surface area contributed by atoms with Crippen LogP contribution in [0.2, 0.25) is 0 Å². The molecule has 11 heteroatoms. The summed E-state index contributed by atoms with van der Waals surface area (Å²) in [4.78, 5) is 9.41. The Hall–Kier alpha value is -3.99. The minimum atomic E-state index is -4.71. The molecule has 0 amide bonds. The second-order valence-electron chi connectivity index (χ2n) is 7.09. The lowest BCUT2D eigenvalue weighted by Gasteiger charge is -2.17. The molecule has 0 aliphatic rings. The standard InChI is InChI=1S/C22H20F2N4O4S/c23-16-10-12(8-9-18(29)30)19(15-6-1-2-7-17(15)25)20(24)21(16)33(31,32)14-5-3-4-13(11-14)28-22(26)27/h1-7,10-11H,8-9,25H2,(H,29,30)(H4,26,27,28). The van der Waals surface area contributed by atoms with Crippen molar-refractivity contribution in [2.24, 2.45) is 5.73 Å². The van der Waals surface area contributed by atoms with Crippen LogP contribution in [0, 0.1) is 17.0 Å². The number of aliphatic carboxylic acids is 1. The highest BCUT2D eigenvalue weighted by Crippen LogP contribution is 2.38. The number of aryl methyl sites for hydroxylation is 1. The minimum absolute atomic E-state index is 0.0313. The van der Waals surface area contributed by atoms with Gasteiger partial charge >= 0.3 is 5.97 Å². The smallest absolute Gasteiger partial charge is 0.303 e. The Labute approximate surface area is 188 Å². The fourth-order valence-corrected chi connectivity index (χ4v) is 4.79. The van der Waals surface area contributed by atoms with E-state index in [4.69, 9.17) is 22.0 Å². The van der Waals surface area contributed by atoms with Gasteiger partial charge in [-0.1, -0.05) is 24.3 Å². The molecule has 0 aromatic heterocycles. The first-order chi connectivity index (χ1) is 15.5. The molecule has 0 aliphatic carbocycles. The van der Waals surface area contributed by atoms with E-state index in [1.54, 1.807) is 12.1 Å². The van der Waals surface area contributed by atoms with Gasteiger partial charge in [-0.05, 0) is 42.3 Å². The Morgan fingerprint density at radius 2 is 1.79 bits per heavy atom. The lowest BCUT2D eigenvalue weighted by molar-refractivity contribution is -0.136. The Kier molecular flexibility index (Phi) is 6.63. The predicted molar refractivity (Wildman–Crippen MR) is 120 cm³/mol. The van der Waals surface area contributed by atoms with Gasteiger partial charge in [0.05, 0.1) is 4.90 Å². The average Bonchev–Trinajstić information content (AvgIpc) is 2.72. The van der Waals surface area contributed by atoms with Crippen molar-refractivity contribution >= 4 is 33.1 Å². The zero-order valence-electron chi connectivity index (χ0n) is 17.1. The molecule has 7 N–H and O–H groups in total. The molecule has 0 unspecified atom stereocenters. The minimum Gasteiger partial charge on any atom is -0.481 e. The SMILES string of the molecule is N=C(N)Nc1cccc(S(=O)(=O)c2c(F)cc(CCC(=O)O)c(-c3ccccc3N)c2F)c1. The maximum atomic E-state index is 15.8. The zero-order valence-corrected chi connectivity index (χ0v) is 17.9. The van der Waals surface area contributed by atoms with E-state index in [-0.39, 0.29) is 34.5 Å². The van der Waals surface area contributed by atoms with E-state index in [1.807, 2.05) is 0 Å². The van der Waals surface area contributed by atoms with Gasteiger partial charge in [-0.3, -0.25) is 10.2 Å². The number of sulfone groups is 1. The fraction of sp³-hybridized carbons (Fsp3) is 0.0909. The normalized spacial score (nSPS) is 11.2. The van der Waals surface area contributed by atoms with Gasteiger partial charge in [0.1, 0.15) is 10.7 Å². The summed E-state index contributed by atoms with van der Waals surface area (Å²) in [6, 6.07) is 11.8. The molecule has 0 fully saturated rings. The lowest BCUT2D eigenvalue weighted by Crippen LogP contribution is -2.20. The number of carbonyl (C=O) groups is 1. The van der Waals surface area contributed by atoms with Gasteiger partial charge in [0, 0.05) is 28.9 Å². The van der Waals surface area contributed by atoms with Gasteiger partial charge in [0.2, 0.25) is 9.84 Å². The van der Waals surface area contributed by atoms with E-state index < -0.39 is 49.6 Å². The number of carboxylic acid groups (broad SMARTS) is 1. The number of rotatable bonds is 7. The first kappa shape index (κ1) is 23.7. The first-order valence-electron chi connectivity index (χ1n) is 9.56. The molecule has 3 rings (SSSR count). The summed E-state index contributed by atoms with van der Waals surface area (Å²) in [5, 5.41) is 18.7. The average molecular weight is 474 g/mol. The number of halogens is 2. The highest BCUT2D eigenvalue weighted by Gasteiger charge is 2.31. The van der Waals surface area contributed by atoms with Crippen LogP contribution in [0.1, 0.15) is 12.0 Å². The van der Waals surface area contributed by atoms with Crippen LogP contribution in [-0.4, -0.2) is 25.5 Å². The molecule has 3 aromatic rings. The summed E-state index contributed by atoms with van der Waals surface area (Å²) in [6.07, 6.45) is -0.672. The summed E-state index contributed by atoms with van der Waals surface area (Å²) in [7, 11) is -4.71. The van der Waals surface area contributed by atoms with Crippen molar-refractivity contribution in [2.45, 2.75) is 22.6 Å². The maximum Gasteiger partial charge on any atom is 0.303 e. The van der Waals surface area contributed by atoms with Crippen molar-refractivity contribution in [3.05, 3.63) is 71.8 Å². The van der Waals surface area contributed by atoms with Crippen molar-refractivity contribution in [2.75, 3.05) is 11.1 Å². The van der Waals surface area contributed by atoms with Gasteiger partial charge in [-0.2, -0.15) is 0 Å². The highest BCUT2D eigenvalue weighted by molar-refractivity contribution is 7.91. The van der Waals surface area contributed by atoms with Crippen LogP contribution in [0.15, 0.2) is 64.4 Å². The molecule has 0 atom stereocenters. The van der Waals surface area contributed by atoms with E-state index in [0.29, 0.717) is 0 Å². The maximum absolute atomic E-state index is 15.8. The molecule has 172 valence electrons. The zero-order chi connectivity index (χ0) is 24.3. The number of para-hydroxylation sites is 1. The van der Waals surface area contributed by atoms with Crippen LogP contribution < -0.4 is 16.8 Å². The topological polar surface area (TPSA) is 159 Å². The van der Waals surface area contributed by atoms with Gasteiger partial charge in [-0.15, -0.1) is 0 Å². The van der Waals surface area contributed by atoms with Gasteiger partial charge < -0.3 is 21.9 Å². The molecular formula is C22H20F2N4O4S. The number of benzene rings is 3. The second kappa shape index (κ2) is 9.25. The summed E-state index contributed by atoms with van der Waals surface area (Å²) in [6.45, 7) is 0. The third-order valence-electron chi connectivity index (χ3n) is 4.79. The largest absolute Gasteiger partial charge is 0.481 e. The van der Waals surface area contributed by atoms with Crippen molar-refractivity contribution in [3.8, 4) is 11.1 Å². The number of nitrogens with two attached hydrogens (primary N) is 2. The quantitative estimate of drug-likeness (QED) is 0.199. The van der Waals surface area contributed by atoms with Crippen molar-refractivity contribution in [1.82, 2.24) is 0 Å². The monoisotopic (exact) mass is 474 g/mol. The molecule has 0 radical (unpaired) electrons. The summed E-state index contributed by atoms with van der Waals surface area (Å²) in [5.74, 6) is -4.38. The van der Waals surface area contributed by atoms with Crippen LogP contribution in [0.4, 0.5) is 20.2 Å². The lowest BCUT2D eigenvalue weighted by atomic mass is 9.94. The van der Waals surface area contributed by atoms with Crippen molar-refractivity contribution in [3.63, 3.8) is 0 Å². The molecular weight excluding hydrogens is 454 g/mol. The Balaban J connectivity index is 2.27. The van der Waals surface area contributed by atoms with Gasteiger partial charge in [0.15, 0.2) is 11.8 Å². The number of nitrogens with one attached hydrogen (secondary N) is 2. The molecule has 0 saturated carbocycles. The molecule has 0 bridgehead atoms. The summed E-state index contributed by atoms with van der Waals surface area (Å²) < 4.78 is 57.3. The molecule has 0 aliphatic heterocycles. The van der Waals surface area contributed by atoms with E-state index in [1.165, 1.54) is 24.3 Å². The third kappa shape index (κ3) is 4.93. The van der Waals surface area contributed by atoms with E-state index >= 15 is 8.78 Å². The number of hydrogen-bond donors (Lipinski definition) is 5. The Bertz CT molecular complexity index is 1360. The van der Waals surface area contributed by atoms with E-state index in [9.17, 15) is 13.2 Å². The summed E-state index contributed by atoms with van der Waals surface area (Å²) >= 11 is 0. The number of carboxylic acids is 1. The number of hydrogen-bond acceptors (Lipinski definition) is 5. The Morgan fingerprint density at radius 3 is 2.42 bits per heavy atom. The van der Waals surface area contributed by atoms with E-state index in [2.05, 4.69) is 5.32 Å².